The van der Waals surface area contributed by atoms with Gasteiger partial charge in [-0.25, -0.2) is 0 Å². The molecule has 2 N–H and O–H groups in total. The van der Waals surface area contributed by atoms with Gasteiger partial charge in [-0.3, -0.25) is 14.3 Å². The Labute approximate surface area is 99.6 Å². The lowest BCUT2D eigenvalue weighted by molar-refractivity contribution is -0.141. The van der Waals surface area contributed by atoms with Crippen LogP contribution in [0.5, 0.6) is 0 Å². The van der Waals surface area contributed by atoms with Gasteiger partial charge in [-0.05, 0) is 26.8 Å². The molecule has 0 bridgehead atoms. The molecule has 0 spiro atoms. The van der Waals surface area contributed by atoms with Crippen LogP contribution in [-0.4, -0.2) is 32.8 Å². The first-order valence-electron chi connectivity index (χ1n) is 5.37. The fourth-order valence-electron chi connectivity index (χ4n) is 1.44. The zero-order chi connectivity index (χ0) is 13.2. The van der Waals surface area contributed by atoms with Crippen molar-refractivity contribution < 1.29 is 14.7 Å². The van der Waals surface area contributed by atoms with E-state index in [-0.39, 0.29) is 5.91 Å². The lowest BCUT2D eigenvalue weighted by atomic mass is 10.0. The van der Waals surface area contributed by atoms with Crippen LogP contribution < -0.4 is 5.32 Å². The molecule has 1 heterocycles. The van der Waals surface area contributed by atoms with Crippen molar-refractivity contribution in [3.05, 3.63) is 17.5 Å². The summed E-state index contributed by atoms with van der Waals surface area (Å²) >= 11 is 0. The standard InChI is InChI=1S/C11H17N3O3/c1-6-5-9(14(4)13-6)10(15)12-8(3)7(2)11(16)17/h5,7-8H,1-4H3,(H,12,15)(H,16,17). The highest BCUT2D eigenvalue weighted by Crippen LogP contribution is 2.06. The molecule has 0 aliphatic heterocycles. The van der Waals surface area contributed by atoms with Crippen LogP contribution in [-0.2, 0) is 11.8 Å². The first-order chi connectivity index (χ1) is 7.82. The molecule has 17 heavy (non-hydrogen) atoms. The molecule has 0 fully saturated rings. The summed E-state index contributed by atoms with van der Waals surface area (Å²) in [6.07, 6.45) is 0. The maximum atomic E-state index is 11.9. The summed E-state index contributed by atoms with van der Waals surface area (Å²) < 4.78 is 1.48. The minimum absolute atomic E-state index is 0.311. The largest absolute Gasteiger partial charge is 0.481 e. The van der Waals surface area contributed by atoms with Crippen LogP contribution in [0.4, 0.5) is 0 Å². The van der Waals surface area contributed by atoms with E-state index in [1.807, 2.05) is 0 Å². The molecule has 6 nitrogen and oxygen atoms in total. The Morgan fingerprint density at radius 2 is 2.06 bits per heavy atom. The molecule has 0 aliphatic rings. The molecule has 0 aliphatic carbocycles. The van der Waals surface area contributed by atoms with Gasteiger partial charge in [0, 0.05) is 13.1 Å². The predicted molar refractivity (Wildman–Crippen MR) is 61.7 cm³/mol. The number of carbonyl (C=O) groups is 2. The van der Waals surface area contributed by atoms with Crippen LogP contribution in [0.1, 0.15) is 30.0 Å². The Balaban J connectivity index is 2.73. The molecule has 1 amide bonds. The molecule has 0 saturated heterocycles. The quantitative estimate of drug-likeness (QED) is 0.804. The first-order valence-corrected chi connectivity index (χ1v) is 5.37. The number of carboxylic acid groups (broad SMARTS) is 1. The van der Waals surface area contributed by atoms with Gasteiger partial charge in [0.2, 0.25) is 0 Å². The van der Waals surface area contributed by atoms with Gasteiger partial charge in [-0.15, -0.1) is 0 Å². The zero-order valence-corrected chi connectivity index (χ0v) is 10.4. The topological polar surface area (TPSA) is 84.2 Å². The van der Waals surface area contributed by atoms with Crippen LogP contribution in [0.3, 0.4) is 0 Å². The van der Waals surface area contributed by atoms with E-state index < -0.39 is 17.9 Å². The molecule has 0 aromatic carbocycles. The summed E-state index contributed by atoms with van der Waals surface area (Å²) in [4.78, 5) is 22.6. The van der Waals surface area contributed by atoms with Crippen molar-refractivity contribution in [2.45, 2.75) is 26.8 Å². The SMILES string of the molecule is Cc1cc(C(=O)NC(C)C(C)C(=O)O)n(C)n1. The number of hydrogen-bond acceptors (Lipinski definition) is 3. The third kappa shape index (κ3) is 3.05. The first kappa shape index (κ1) is 13.2. The number of nitrogens with zero attached hydrogens (tertiary/aromatic N) is 2. The molecule has 0 radical (unpaired) electrons. The third-order valence-corrected chi connectivity index (χ3v) is 2.73. The number of amides is 1. The summed E-state index contributed by atoms with van der Waals surface area (Å²) in [6, 6.07) is 1.23. The second-order valence-electron chi connectivity index (χ2n) is 4.18. The molecule has 1 aromatic rings. The Hall–Kier alpha value is -1.85. The van der Waals surface area contributed by atoms with Crippen molar-refractivity contribution in [1.82, 2.24) is 15.1 Å². The van der Waals surface area contributed by atoms with Crippen molar-refractivity contribution in [3.8, 4) is 0 Å². The van der Waals surface area contributed by atoms with Crippen LogP contribution in [0, 0.1) is 12.8 Å². The van der Waals surface area contributed by atoms with Crippen LogP contribution >= 0.6 is 0 Å². The zero-order valence-electron chi connectivity index (χ0n) is 10.4. The van der Waals surface area contributed by atoms with E-state index in [2.05, 4.69) is 10.4 Å². The minimum Gasteiger partial charge on any atom is -0.481 e. The van der Waals surface area contributed by atoms with Crippen molar-refractivity contribution in [1.29, 1.82) is 0 Å². The van der Waals surface area contributed by atoms with Gasteiger partial charge in [-0.1, -0.05) is 0 Å². The third-order valence-electron chi connectivity index (χ3n) is 2.73. The minimum atomic E-state index is -0.931. The smallest absolute Gasteiger partial charge is 0.308 e. The molecule has 94 valence electrons. The summed E-state index contributed by atoms with van der Waals surface area (Å²) in [5.74, 6) is -1.87. The fourth-order valence-corrected chi connectivity index (χ4v) is 1.44. The Morgan fingerprint density at radius 1 is 1.47 bits per heavy atom. The monoisotopic (exact) mass is 239 g/mol. The van der Waals surface area contributed by atoms with Crippen molar-refractivity contribution in [3.63, 3.8) is 0 Å². The van der Waals surface area contributed by atoms with Gasteiger partial charge < -0.3 is 10.4 Å². The van der Waals surface area contributed by atoms with E-state index in [0.717, 1.165) is 5.69 Å². The predicted octanol–water partition coefficient (Wildman–Crippen LogP) is 0.568. The number of aryl methyl sites for hydroxylation is 2. The summed E-state index contributed by atoms with van der Waals surface area (Å²) in [7, 11) is 1.67. The van der Waals surface area contributed by atoms with Gasteiger partial charge in [-0.2, -0.15) is 5.10 Å². The number of rotatable bonds is 4. The maximum absolute atomic E-state index is 11.9. The number of carboxylic acids is 1. The molecule has 1 aromatic heterocycles. The summed E-state index contributed by atoms with van der Waals surface area (Å²) in [6.45, 7) is 5.02. The normalized spacial score (nSPS) is 14.1. The highest BCUT2D eigenvalue weighted by Gasteiger charge is 2.22. The van der Waals surface area contributed by atoms with Gasteiger partial charge in [0.25, 0.3) is 5.91 Å². The Bertz CT molecular complexity index is 439. The van der Waals surface area contributed by atoms with Crippen molar-refractivity contribution >= 4 is 11.9 Å². The average Bonchev–Trinajstić information content (AvgIpc) is 2.56. The molecular formula is C11H17N3O3. The molecule has 6 heteroatoms. The number of aromatic nitrogens is 2. The Kier molecular flexibility index (Phi) is 3.88. The van der Waals surface area contributed by atoms with Crippen LogP contribution in [0.15, 0.2) is 6.07 Å². The second-order valence-corrected chi connectivity index (χ2v) is 4.18. The maximum Gasteiger partial charge on any atom is 0.308 e. The van der Waals surface area contributed by atoms with E-state index >= 15 is 0 Å². The van der Waals surface area contributed by atoms with E-state index in [9.17, 15) is 9.59 Å². The second kappa shape index (κ2) is 4.99. The van der Waals surface area contributed by atoms with E-state index in [1.165, 1.54) is 4.68 Å². The molecule has 0 saturated carbocycles. The molecule has 1 rings (SSSR count). The van der Waals surface area contributed by atoms with E-state index in [1.54, 1.807) is 33.9 Å². The van der Waals surface area contributed by atoms with Gasteiger partial charge in [0.1, 0.15) is 5.69 Å². The highest BCUT2D eigenvalue weighted by molar-refractivity contribution is 5.93. The van der Waals surface area contributed by atoms with Gasteiger partial charge >= 0.3 is 5.97 Å². The average molecular weight is 239 g/mol. The summed E-state index contributed by atoms with van der Waals surface area (Å²) in [5.41, 5.74) is 1.17. The summed E-state index contributed by atoms with van der Waals surface area (Å²) in [5, 5.41) is 15.5. The van der Waals surface area contributed by atoms with Crippen LogP contribution in [0.2, 0.25) is 0 Å². The lowest BCUT2D eigenvalue weighted by Crippen LogP contribution is -2.40. The highest BCUT2D eigenvalue weighted by atomic mass is 16.4. The molecule has 2 atom stereocenters. The van der Waals surface area contributed by atoms with Gasteiger partial charge in [0.15, 0.2) is 0 Å². The van der Waals surface area contributed by atoms with Crippen LogP contribution in [0.25, 0.3) is 0 Å². The van der Waals surface area contributed by atoms with E-state index in [4.69, 9.17) is 5.11 Å². The Morgan fingerprint density at radius 3 is 2.47 bits per heavy atom. The van der Waals surface area contributed by atoms with Gasteiger partial charge in [0.05, 0.1) is 11.6 Å². The number of nitrogens with one attached hydrogen (secondary N) is 1. The molecular weight excluding hydrogens is 222 g/mol. The molecule has 2 unspecified atom stereocenters. The van der Waals surface area contributed by atoms with Crippen molar-refractivity contribution in [2.75, 3.05) is 0 Å². The number of aliphatic carboxylic acids is 1. The van der Waals surface area contributed by atoms with Crippen molar-refractivity contribution in [2.24, 2.45) is 13.0 Å². The number of carbonyl (C=O) groups excluding carboxylic acids is 1. The van der Waals surface area contributed by atoms with E-state index in [0.29, 0.717) is 5.69 Å². The lowest BCUT2D eigenvalue weighted by Gasteiger charge is -2.17. The number of hydrogen-bond donors (Lipinski definition) is 2. The fraction of sp³-hybridized carbons (Fsp3) is 0.545.